The van der Waals surface area contributed by atoms with Crippen molar-refractivity contribution in [3.05, 3.63) is 125 Å². The molecular weight excluding hydrogens is 564 g/mol. The zero-order valence-corrected chi connectivity index (χ0v) is 24.1. The van der Waals surface area contributed by atoms with E-state index in [1.807, 2.05) is 12.1 Å². The molecule has 0 saturated heterocycles. The van der Waals surface area contributed by atoms with Gasteiger partial charge in [0.15, 0.2) is 0 Å². The van der Waals surface area contributed by atoms with Gasteiger partial charge in [0.05, 0.1) is 18.2 Å². The van der Waals surface area contributed by atoms with Gasteiger partial charge >= 0.3 is 0 Å². The molecule has 1 atom stereocenters. The Balaban J connectivity index is 1.58. The molecule has 0 radical (unpaired) electrons. The minimum atomic E-state index is -3.34. The van der Waals surface area contributed by atoms with Crippen LogP contribution in [0.5, 0.6) is 0 Å². The largest absolute Gasteiger partial charge is 0.383 e. The van der Waals surface area contributed by atoms with Crippen LogP contribution in [0.2, 0.25) is 0 Å². The lowest BCUT2D eigenvalue weighted by Crippen LogP contribution is -2.39. The Morgan fingerprint density at radius 3 is 2.41 bits per heavy atom. The van der Waals surface area contributed by atoms with E-state index in [1.54, 1.807) is 89.8 Å². The number of allylic oxidation sites excluding steroid dienone is 1. The molecule has 0 aromatic heterocycles. The number of ether oxygens (including phenoxy) is 1. The van der Waals surface area contributed by atoms with Gasteiger partial charge < -0.3 is 20.3 Å². The summed E-state index contributed by atoms with van der Waals surface area (Å²) in [6.07, 6.45) is 3.61. The molecule has 2 amide bonds. The normalized spacial score (nSPS) is 18.3. The van der Waals surface area contributed by atoms with Crippen molar-refractivity contribution < 1.29 is 27.9 Å². The minimum absolute atomic E-state index is 0.138. The summed E-state index contributed by atoms with van der Waals surface area (Å²) in [6, 6.07) is 23.7. The lowest BCUT2D eigenvalue weighted by molar-refractivity contribution is -0.116. The van der Waals surface area contributed by atoms with Gasteiger partial charge in [-0.2, -0.15) is 0 Å². The summed E-state index contributed by atoms with van der Waals surface area (Å²) in [5, 5.41) is 5.44. The fourth-order valence-corrected chi connectivity index (χ4v) is 5.45. The van der Waals surface area contributed by atoms with Crippen LogP contribution in [0.4, 0.5) is 20.2 Å². The van der Waals surface area contributed by atoms with Gasteiger partial charge in [0.1, 0.15) is 5.94 Å². The molecule has 2 N–H and O–H groups in total. The third-order valence-corrected chi connectivity index (χ3v) is 7.51. The zero-order chi connectivity index (χ0) is 31.1. The van der Waals surface area contributed by atoms with Crippen molar-refractivity contribution in [1.82, 2.24) is 5.32 Å². The van der Waals surface area contributed by atoms with E-state index in [-0.39, 0.29) is 36.4 Å². The predicted octanol–water partition coefficient (Wildman–Crippen LogP) is 5.47. The van der Waals surface area contributed by atoms with Crippen LogP contribution in [-0.4, -0.2) is 56.5 Å². The van der Waals surface area contributed by atoms with Gasteiger partial charge in [-0.25, -0.2) is 13.6 Å². The molecule has 7 nitrogen and oxygen atoms in total. The fourth-order valence-electron chi connectivity index (χ4n) is 5.45. The second-order valence-electron chi connectivity index (χ2n) is 10.3. The Hall–Kier alpha value is -5.11. The Bertz CT molecular complexity index is 1680. The summed E-state index contributed by atoms with van der Waals surface area (Å²) in [7, 11) is 1.48. The van der Waals surface area contributed by atoms with Gasteiger partial charge in [0.2, 0.25) is 5.91 Å². The van der Waals surface area contributed by atoms with Crippen molar-refractivity contribution in [2.75, 3.05) is 37.0 Å². The number of para-hydroxylation sites is 2. The SMILES string of the molecule is COCCNC(=O)C=C1c2ccccc2N(C2C=CC(C(=O)Nc3ccccc3)=C(c3ccccc3)C2=C=O)CCC1(F)F. The van der Waals surface area contributed by atoms with E-state index in [4.69, 9.17) is 4.74 Å². The van der Waals surface area contributed by atoms with E-state index in [0.717, 1.165) is 6.08 Å². The summed E-state index contributed by atoms with van der Waals surface area (Å²) in [5.74, 6) is -2.37. The molecule has 9 heteroatoms. The van der Waals surface area contributed by atoms with E-state index in [2.05, 4.69) is 16.6 Å². The number of carbonyl (C=O) groups excluding carboxylic acids is 3. The number of hydrogen-bond acceptors (Lipinski definition) is 5. The van der Waals surface area contributed by atoms with Crippen LogP contribution in [0.25, 0.3) is 11.1 Å². The third-order valence-electron chi connectivity index (χ3n) is 7.51. The van der Waals surface area contributed by atoms with Gasteiger partial charge in [-0.05, 0) is 23.8 Å². The number of amides is 2. The molecule has 0 bridgehead atoms. The first kappa shape index (κ1) is 30.4. The molecule has 0 spiro atoms. The van der Waals surface area contributed by atoms with Crippen LogP contribution < -0.4 is 15.5 Å². The minimum Gasteiger partial charge on any atom is -0.383 e. The topological polar surface area (TPSA) is 87.7 Å². The molecule has 0 fully saturated rings. The number of fused-ring (bicyclic) bond motifs is 1. The second-order valence-corrected chi connectivity index (χ2v) is 10.3. The lowest BCUT2D eigenvalue weighted by atomic mass is 9.84. The van der Waals surface area contributed by atoms with Crippen molar-refractivity contribution >= 4 is 40.3 Å². The number of rotatable bonds is 8. The average molecular weight is 596 g/mol. The van der Waals surface area contributed by atoms with Gasteiger partial charge in [0, 0.05) is 66.4 Å². The first-order chi connectivity index (χ1) is 21.3. The number of alkyl halides is 2. The number of anilines is 2. The molecule has 3 aromatic carbocycles. The molecule has 3 aromatic rings. The van der Waals surface area contributed by atoms with Crippen molar-refractivity contribution in [2.45, 2.75) is 18.4 Å². The molecule has 1 unspecified atom stereocenters. The number of benzene rings is 3. The van der Waals surface area contributed by atoms with Crippen LogP contribution in [0, 0.1) is 0 Å². The van der Waals surface area contributed by atoms with Gasteiger partial charge in [-0.1, -0.05) is 78.9 Å². The summed E-state index contributed by atoms with van der Waals surface area (Å²) >= 11 is 0. The number of halogens is 2. The Labute approximate surface area is 254 Å². The number of carbonyl (C=O) groups is 2. The summed E-state index contributed by atoms with van der Waals surface area (Å²) in [6.45, 7) is 0.279. The zero-order valence-electron chi connectivity index (χ0n) is 24.1. The van der Waals surface area contributed by atoms with Crippen LogP contribution in [-0.2, 0) is 19.1 Å². The first-order valence-corrected chi connectivity index (χ1v) is 14.2. The fraction of sp³-hybridized carbons (Fsp3) is 0.200. The van der Waals surface area contributed by atoms with Gasteiger partial charge in [-0.15, -0.1) is 0 Å². The highest BCUT2D eigenvalue weighted by atomic mass is 19.3. The molecule has 224 valence electrons. The number of methoxy groups -OCH3 is 1. The second kappa shape index (κ2) is 13.5. The number of hydrogen-bond donors (Lipinski definition) is 2. The van der Waals surface area contributed by atoms with Crippen molar-refractivity contribution in [2.24, 2.45) is 0 Å². The molecular formula is C35H31F2N3O4. The quantitative estimate of drug-likeness (QED) is 0.205. The monoisotopic (exact) mass is 595 g/mol. The molecule has 1 aliphatic carbocycles. The van der Waals surface area contributed by atoms with Crippen molar-refractivity contribution in [3.8, 4) is 0 Å². The number of nitrogens with zero attached hydrogens (tertiary/aromatic N) is 1. The highest BCUT2D eigenvalue weighted by Gasteiger charge is 2.42. The van der Waals surface area contributed by atoms with Crippen LogP contribution in [0.3, 0.4) is 0 Å². The predicted molar refractivity (Wildman–Crippen MR) is 167 cm³/mol. The summed E-state index contributed by atoms with van der Waals surface area (Å²) < 4.78 is 36.4. The highest BCUT2D eigenvalue weighted by molar-refractivity contribution is 6.15. The van der Waals surface area contributed by atoms with E-state index in [1.165, 1.54) is 7.11 Å². The molecule has 2 aliphatic rings. The standard InChI is InChI=1S/C35H31F2N3O4/c1-44-21-19-38-32(42)22-29-26-14-8-9-15-30(26)40(20-18-35(29,36)37)31-17-16-27(34(43)39-25-12-6-3-7-13-25)33(28(31)23-41)24-10-4-2-5-11-24/h2-17,22,31H,18-21H2,1H3,(H,38,42)(H,39,43). The maximum atomic E-state index is 15.7. The van der Waals surface area contributed by atoms with Crippen molar-refractivity contribution in [3.63, 3.8) is 0 Å². The van der Waals surface area contributed by atoms with E-state index >= 15 is 8.78 Å². The van der Waals surface area contributed by atoms with E-state index < -0.39 is 35.8 Å². The van der Waals surface area contributed by atoms with Crippen LogP contribution in [0.15, 0.2) is 114 Å². The number of nitrogens with one attached hydrogen (secondary N) is 2. The van der Waals surface area contributed by atoms with Crippen molar-refractivity contribution in [1.29, 1.82) is 0 Å². The van der Waals surface area contributed by atoms with Crippen LogP contribution >= 0.6 is 0 Å². The average Bonchev–Trinajstić information content (AvgIpc) is 3.14. The highest BCUT2D eigenvalue weighted by Crippen LogP contribution is 2.45. The smallest absolute Gasteiger partial charge is 0.275 e. The molecule has 1 aliphatic heterocycles. The van der Waals surface area contributed by atoms with E-state index in [9.17, 15) is 14.4 Å². The first-order valence-electron chi connectivity index (χ1n) is 14.2. The Morgan fingerprint density at radius 2 is 1.70 bits per heavy atom. The Morgan fingerprint density at radius 1 is 1.02 bits per heavy atom. The van der Waals surface area contributed by atoms with Gasteiger partial charge in [0.25, 0.3) is 11.8 Å². The Kier molecular flexibility index (Phi) is 9.29. The lowest BCUT2D eigenvalue weighted by Gasteiger charge is -2.35. The molecule has 0 saturated carbocycles. The van der Waals surface area contributed by atoms with Gasteiger partial charge in [-0.3, -0.25) is 9.59 Å². The maximum Gasteiger partial charge on any atom is 0.275 e. The summed E-state index contributed by atoms with van der Waals surface area (Å²) in [4.78, 5) is 40.6. The molecule has 1 heterocycles. The third kappa shape index (κ3) is 6.44. The maximum absolute atomic E-state index is 15.7. The van der Waals surface area contributed by atoms with E-state index in [0.29, 0.717) is 22.5 Å². The molecule has 44 heavy (non-hydrogen) atoms. The summed E-state index contributed by atoms with van der Waals surface area (Å²) in [5.41, 5.74) is 2.13. The molecule has 5 rings (SSSR count). The van der Waals surface area contributed by atoms with Crippen LogP contribution in [0.1, 0.15) is 17.5 Å².